The minimum Gasteiger partial charge on any atom is -0.465 e. The van der Waals surface area contributed by atoms with Crippen molar-refractivity contribution in [2.45, 2.75) is 44.6 Å². The number of hydrogen-bond donors (Lipinski definition) is 0. The number of aromatic nitrogens is 1. The van der Waals surface area contributed by atoms with Crippen molar-refractivity contribution in [3.05, 3.63) is 45.9 Å². The van der Waals surface area contributed by atoms with Gasteiger partial charge in [0.1, 0.15) is 0 Å². The summed E-state index contributed by atoms with van der Waals surface area (Å²) in [4.78, 5) is 16.3. The van der Waals surface area contributed by atoms with E-state index in [9.17, 15) is 13.2 Å². The Morgan fingerprint density at radius 1 is 1.22 bits per heavy atom. The number of benzene rings is 1. The van der Waals surface area contributed by atoms with E-state index in [1.807, 2.05) is 5.38 Å². The number of anilines is 1. The first-order valence-corrected chi connectivity index (χ1v) is 11.7. The lowest BCUT2D eigenvalue weighted by Crippen LogP contribution is -2.29. The smallest absolute Gasteiger partial charge is 0.337 e. The van der Waals surface area contributed by atoms with Crippen molar-refractivity contribution in [2.75, 3.05) is 17.7 Å². The molecular formula is C19H24N2O4S2. The zero-order valence-electron chi connectivity index (χ0n) is 15.6. The van der Waals surface area contributed by atoms with E-state index in [4.69, 9.17) is 4.98 Å². The molecule has 0 spiro atoms. The van der Waals surface area contributed by atoms with Crippen LogP contribution in [-0.4, -0.2) is 32.7 Å². The molecule has 8 heteroatoms. The molecule has 1 aliphatic rings. The molecule has 2 aromatic rings. The third kappa shape index (κ3) is 4.87. The molecule has 3 rings (SSSR count). The number of carbonyl (C=O) groups excluding carboxylic acids is 1. The maximum absolute atomic E-state index is 12.3. The Balaban J connectivity index is 1.80. The molecule has 146 valence electrons. The van der Waals surface area contributed by atoms with E-state index in [2.05, 4.69) is 4.74 Å². The molecule has 0 saturated heterocycles. The van der Waals surface area contributed by atoms with Crippen molar-refractivity contribution in [3.63, 3.8) is 0 Å². The molecule has 1 aromatic heterocycles. The summed E-state index contributed by atoms with van der Waals surface area (Å²) in [5.41, 5.74) is 1.63. The van der Waals surface area contributed by atoms with Gasteiger partial charge in [-0.25, -0.2) is 18.2 Å². The molecule has 1 aromatic carbocycles. The van der Waals surface area contributed by atoms with E-state index in [1.54, 1.807) is 35.6 Å². The van der Waals surface area contributed by atoms with Gasteiger partial charge in [-0.1, -0.05) is 19.3 Å². The van der Waals surface area contributed by atoms with Crippen LogP contribution in [0, 0.1) is 0 Å². The molecule has 27 heavy (non-hydrogen) atoms. The van der Waals surface area contributed by atoms with E-state index in [-0.39, 0.29) is 6.54 Å². The number of nitrogens with zero attached hydrogens (tertiary/aromatic N) is 2. The fourth-order valence-corrected chi connectivity index (χ4v) is 5.21. The van der Waals surface area contributed by atoms with E-state index in [0.717, 1.165) is 23.5 Å². The van der Waals surface area contributed by atoms with E-state index < -0.39 is 16.0 Å². The summed E-state index contributed by atoms with van der Waals surface area (Å²) in [6.45, 7) is 0.180. The van der Waals surface area contributed by atoms with E-state index in [1.165, 1.54) is 36.9 Å². The SMILES string of the molecule is COC(=O)c1ccc(N(Cc2csc(C3CCCCC3)n2)S(C)(=O)=O)cc1. The Labute approximate surface area is 164 Å². The number of hydrogen-bond acceptors (Lipinski definition) is 6. The largest absolute Gasteiger partial charge is 0.465 e. The number of methoxy groups -OCH3 is 1. The summed E-state index contributed by atoms with van der Waals surface area (Å²) in [6.07, 6.45) is 7.27. The second-order valence-corrected chi connectivity index (χ2v) is 9.62. The lowest BCUT2D eigenvalue weighted by molar-refractivity contribution is 0.0600. The van der Waals surface area contributed by atoms with Crippen LogP contribution in [0.25, 0.3) is 0 Å². The summed E-state index contributed by atoms with van der Waals surface area (Å²) >= 11 is 1.62. The zero-order valence-corrected chi connectivity index (χ0v) is 17.2. The van der Waals surface area contributed by atoms with Crippen LogP contribution >= 0.6 is 11.3 Å². The molecule has 0 aliphatic heterocycles. The summed E-state index contributed by atoms with van der Waals surface area (Å²) in [5.74, 6) is 0.0487. The monoisotopic (exact) mass is 408 g/mol. The van der Waals surface area contributed by atoms with Gasteiger partial charge in [0.15, 0.2) is 0 Å². The average Bonchev–Trinajstić information content (AvgIpc) is 3.14. The highest BCUT2D eigenvalue weighted by atomic mass is 32.2. The maximum atomic E-state index is 12.3. The summed E-state index contributed by atoms with van der Waals surface area (Å²) in [7, 11) is -2.18. The highest BCUT2D eigenvalue weighted by molar-refractivity contribution is 7.92. The topological polar surface area (TPSA) is 76.6 Å². The number of sulfonamides is 1. The molecule has 0 atom stereocenters. The third-order valence-corrected chi connectivity index (χ3v) is 7.00. The Hall–Kier alpha value is -1.93. The second kappa shape index (κ2) is 8.39. The first-order valence-electron chi connectivity index (χ1n) is 8.99. The van der Waals surface area contributed by atoms with E-state index in [0.29, 0.717) is 17.2 Å². The van der Waals surface area contributed by atoms with Crippen LogP contribution in [0.5, 0.6) is 0 Å². The van der Waals surface area contributed by atoms with Crippen LogP contribution in [0.1, 0.15) is 59.1 Å². The summed E-state index contributed by atoms with van der Waals surface area (Å²) < 4.78 is 30.7. The Morgan fingerprint density at radius 2 is 1.89 bits per heavy atom. The molecule has 1 aliphatic carbocycles. The average molecular weight is 409 g/mol. The fraction of sp³-hybridized carbons (Fsp3) is 0.474. The zero-order chi connectivity index (χ0) is 19.4. The van der Waals surface area contributed by atoms with Crippen molar-refractivity contribution in [2.24, 2.45) is 0 Å². The molecule has 0 amide bonds. The first-order chi connectivity index (χ1) is 12.9. The standard InChI is InChI=1S/C19H24N2O4S2/c1-25-19(22)15-8-10-17(11-9-15)21(27(2,23)24)12-16-13-26-18(20-16)14-6-4-3-5-7-14/h8-11,13-14H,3-7,12H2,1-2H3. The van der Waals surface area contributed by atoms with Crippen molar-refractivity contribution >= 4 is 33.0 Å². The minimum absolute atomic E-state index is 0.180. The van der Waals surface area contributed by atoms with Gasteiger partial charge in [0.25, 0.3) is 0 Å². The highest BCUT2D eigenvalue weighted by Crippen LogP contribution is 2.34. The van der Waals surface area contributed by atoms with Gasteiger partial charge in [0, 0.05) is 11.3 Å². The maximum Gasteiger partial charge on any atom is 0.337 e. The lowest BCUT2D eigenvalue weighted by atomic mass is 9.90. The van der Waals surface area contributed by atoms with Gasteiger partial charge in [-0.15, -0.1) is 11.3 Å². The minimum atomic E-state index is -3.49. The van der Waals surface area contributed by atoms with E-state index >= 15 is 0 Å². The number of carbonyl (C=O) groups is 1. The quantitative estimate of drug-likeness (QED) is 0.677. The number of thiazole rings is 1. The fourth-order valence-electron chi connectivity index (χ4n) is 3.36. The Bertz CT molecular complexity index is 885. The molecule has 1 fully saturated rings. The van der Waals surface area contributed by atoms with Gasteiger partial charge < -0.3 is 4.74 Å². The molecule has 1 saturated carbocycles. The van der Waals surface area contributed by atoms with Gasteiger partial charge in [-0.3, -0.25) is 4.31 Å². The van der Waals surface area contributed by atoms with Crippen LogP contribution in [0.3, 0.4) is 0 Å². The highest BCUT2D eigenvalue weighted by Gasteiger charge is 2.22. The molecule has 1 heterocycles. The number of rotatable bonds is 6. The van der Waals surface area contributed by atoms with Crippen molar-refractivity contribution in [1.29, 1.82) is 0 Å². The van der Waals surface area contributed by atoms with Crippen LogP contribution in [0.15, 0.2) is 29.6 Å². The van der Waals surface area contributed by atoms with Gasteiger partial charge >= 0.3 is 5.97 Å². The molecule has 0 N–H and O–H groups in total. The van der Waals surface area contributed by atoms with Crippen LogP contribution < -0.4 is 4.31 Å². The Morgan fingerprint density at radius 3 is 2.48 bits per heavy atom. The predicted molar refractivity (Wildman–Crippen MR) is 107 cm³/mol. The van der Waals surface area contributed by atoms with Crippen LogP contribution in [0.4, 0.5) is 5.69 Å². The summed E-state index contributed by atoms with van der Waals surface area (Å²) in [6, 6.07) is 6.35. The normalized spacial score (nSPS) is 15.5. The molecular weight excluding hydrogens is 384 g/mol. The van der Waals surface area contributed by atoms with Gasteiger partial charge in [0.05, 0.1) is 41.9 Å². The predicted octanol–water partition coefficient (Wildman–Crippen LogP) is 3.94. The van der Waals surface area contributed by atoms with Crippen molar-refractivity contribution in [3.8, 4) is 0 Å². The van der Waals surface area contributed by atoms with Crippen LogP contribution in [0.2, 0.25) is 0 Å². The van der Waals surface area contributed by atoms with Crippen molar-refractivity contribution in [1.82, 2.24) is 4.98 Å². The summed E-state index contributed by atoms with van der Waals surface area (Å²) in [5, 5.41) is 3.06. The number of ether oxygens (including phenoxy) is 1. The van der Waals surface area contributed by atoms with Crippen molar-refractivity contribution < 1.29 is 17.9 Å². The third-order valence-electron chi connectivity index (χ3n) is 4.81. The van der Waals surface area contributed by atoms with Gasteiger partial charge in [0.2, 0.25) is 10.0 Å². The lowest BCUT2D eigenvalue weighted by Gasteiger charge is -2.22. The van der Waals surface area contributed by atoms with Gasteiger partial charge in [-0.2, -0.15) is 0 Å². The Kier molecular flexibility index (Phi) is 6.16. The molecule has 0 unspecified atom stereocenters. The molecule has 6 nitrogen and oxygen atoms in total. The second-order valence-electron chi connectivity index (χ2n) is 6.82. The number of esters is 1. The van der Waals surface area contributed by atoms with Crippen LogP contribution in [-0.2, 0) is 21.3 Å². The molecule has 0 radical (unpaired) electrons. The van der Waals surface area contributed by atoms with Gasteiger partial charge in [-0.05, 0) is 37.1 Å². The first kappa shape index (κ1) is 19.8. The molecule has 0 bridgehead atoms.